The first-order chi connectivity index (χ1) is 11.1. The van der Waals surface area contributed by atoms with Crippen LogP contribution in [0.15, 0.2) is 24.3 Å². The van der Waals surface area contributed by atoms with E-state index in [0.29, 0.717) is 6.42 Å². The van der Waals surface area contributed by atoms with Crippen LogP contribution < -0.4 is 0 Å². The molecule has 0 aliphatic carbocycles. The smallest absolute Gasteiger partial charge is 0.230 e. The van der Waals surface area contributed by atoms with Crippen molar-refractivity contribution in [2.75, 3.05) is 26.2 Å². The van der Waals surface area contributed by atoms with Gasteiger partial charge in [0, 0.05) is 32.6 Å². The largest absolute Gasteiger partial charge is 0.343 e. The predicted molar refractivity (Wildman–Crippen MR) is 90.2 cm³/mol. The normalized spacial score (nSPS) is 19.2. The lowest BCUT2D eigenvalue weighted by Gasteiger charge is -2.25. The van der Waals surface area contributed by atoms with Gasteiger partial charge in [-0.15, -0.1) is 0 Å². The highest BCUT2D eigenvalue weighted by Gasteiger charge is 2.31. The number of amides is 2. The Bertz CT molecular complexity index is 555. The first-order valence-corrected chi connectivity index (χ1v) is 8.78. The Balaban J connectivity index is 1.78. The maximum absolute atomic E-state index is 12.9. The third kappa shape index (κ3) is 3.74. The Labute approximate surface area is 138 Å². The van der Waals surface area contributed by atoms with Gasteiger partial charge in [0.1, 0.15) is 0 Å². The fourth-order valence-corrected chi connectivity index (χ4v) is 3.57. The fourth-order valence-electron chi connectivity index (χ4n) is 3.57. The maximum Gasteiger partial charge on any atom is 0.230 e. The van der Waals surface area contributed by atoms with Crippen LogP contribution in [-0.4, -0.2) is 47.8 Å². The highest BCUT2D eigenvalue weighted by molar-refractivity contribution is 5.90. The number of nitrogens with zero attached hydrogens (tertiary/aromatic N) is 2. The quantitative estimate of drug-likeness (QED) is 0.857. The third-order valence-corrected chi connectivity index (χ3v) is 5.03. The van der Waals surface area contributed by atoms with Gasteiger partial charge in [-0.05, 0) is 38.2 Å². The van der Waals surface area contributed by atoms with Gasteiger partial charge < -0.3 is 9.80 Å². The Hall–Kier alpha value is -1.84. The minimum atomic E-state index is -0.332. The van der Waals surface area contributed by atoms with Crippen molar-refractivity contribution >= 4 is 11.8 Å². The van der Waals surface area contributed by atoms with Crippen molar-refractivity contribution in [1.29, 1.82) is 0 Å². The molecule has 0 saturated carbocycles. The molecule has 2 heterocycles. The number of hydrogen-bond acceptors (Lipinski definition) is 2. The lowest BCUT2D eigenvalue weighted by molar-refractivity contribution is -0.137. The van der Waals surface area contributed by atoms with E-state index in [1.807, 2.05) is 41.0 Å². The second-order valence-corrected chi connectivity index (χ2v) is 6.79. The molecular weight excluding hydrogens is 288 g/mol. The fraction of sp³-hybridized carbons (Fsp3) is 0.579. The van der Waals surface area contributed by atoms with Crippen LogP contribution >= 0.6 is 0 Å². The molecule has 0 spiro atoms. The molecule has 0 bridgehead atoms. The van der Waals surface area contributed by atoms with Gasteiger partial charge in [-0.2, -0.15) is 0 Å². The van der Waals surface area contributed by atoms with Crippen LogP contribution in [-0.2, 0) is 9.59 Å². The SMILES string of the molecule is Cc1ccc(C(CC(=O)N2CCCC2)C(=O)N2CCCC2)cc1. The topological polar surface area (TPSA) is 40.6 Å². The highest BCUT2D eigenvalue weighted by atomic mass is 16.2. The molecule has 124 valence electrons. The molecule has 3 rings (SSSR count). The summed E-state index contributed by atoms with van der Waals surface area (Å²) in [7, 11) is 0. The van der Waals surface area contributed by atoms with Gasteiger partial charge in [-0.1, -0.05) is 29.8 Å². The molecular formula is C19H26N2O2. The summed E-state index contributed by atoms with van der Waals surface area (Å²) in [6.07, 6.45) is 4.62. The van der Waals surface area contributed by atoms with Gasteiger partial charge in [0.15, 0.2) is 0 Å². The van der Waals surface area contributed by atoms with Crippen molar-refractivity contribution in [3.05, 3.63) is 35.4 Å². The van der Waals surface area contributed by atoms with Crippen LogP contribution in [0.25, 0.3) is 0 Å². The van der Waals surface area contributed by atoms with Crippen molar-refractivity contribution in [3.8, 4) is 0 Å². The van der Waals surface area contributed by atoms with E-state index in [0.717, 1.165) is 57.4 Å². The zero-order valence-corrected chi connectivity index (χ0v) is 14.0. The average Bonchev–Trinajstić information content (AvgIpc) is 3.25. The number of rotatable bonds is 4. The molecule has 23 heavy (non-hydrogen) atoms. The zero-order chi connectivity index (χ0) is 16.2. The van der Waals surface area contributed by atoms with E-state index in [-0.39, 0.29) is 17.7 Å². The molecule has 1 aromatic carbocycles. The predicted octanol–water partition coefficient (Wildman–Crippen LogP) is 2.71. The first-order valence-electron chi connectivity index (χ1n) is 8.78. The summed E-state index contributed by atoms with van der Waals surface area (Å²) in [4.78, 5) is 29.4. The molecule has 4 nitrogen and oxygen atoms in total. The van der Waals surface area contributed by atoms with Gasteiger partial charge in [0.2, 0.25) is 11.8 Å². The minimum Gasteiger partial charge on any atom is -0.343 e. The van der Waals surface area contributed by atoms with Crippen LogP contribution in [0, 0.1) is 6.92 Å². The van der Waals surface area contributed by atoms with Gasteiger partial charge in [-0.25, -0.2) is 0 Å². The Morgan fingerprint density at radius 2 is 1.43 bits per heavy atom. The van der Waals surface area contributed by atoms with E-state index in [4.69, 9.17) is 0 Å². The van der Waals surface area contributed by atoms with Crippen molar-refractivity contribution in [2.45, 2.75) is 44.9 Å². The van der Waals surface area contributed by atoms with Crippen LogP contribution in [0.1, 0.15) is 49.1 Å². The van der Waals surface area contributed by atoms with Crippen molar-refractivity contribution < 1.29 is 9.59 Å². The summed E-state index contributed by atoms with van der Waals surface area (Å²) in [6, 6.07) is 8.07. The minimum absolute atomic E-state index is 0.124. The van der Waals surface area contributed by atoms with Crippen LogP contribution in [0.5, 0.6) is 0 Å². The second kappa shape index (κ2) is 7.16. The van der Waals surface area contributed by atoms with E-state index >= 15 is 0 Å². The molecule has 2 aliphatic heterocycles. The van der Waals surface area contributed by atoms with Crippen LogP contribution in [0.4, 0.5) is 0 Å². The number of likely N-dealkylation sites (tertiary alicyclic amines) is 2. The van der Waals surface area contributed by atoms with E-state index in [2.05, 4.69) is 0 Å². The van der Waals surface area contributed by atoms with Crippen molar-refractivity contribution in [2.24, 2.45) is 0 Å². The van der Waals surface area contributed by atoms with E-state index in [1.165, 1.54) is 5.56 Å². The molecule has 2 amide bonds. The maximum atomic E-state index is 12.9. The number of benzene rings is 1. The molecule has 1 atom stereocenters. The first kappa shape index (κ1) is 16.0. The van der Waals surface area contributed by atoms with E-state index in [9.17, 15) is 9.59 Å². The number of aryl methyl sites for hydroxylation is 1. The number of hydrogen-bond donors (Lipinski definition) is 0. The Morgan fingerprint density at radius 3 is 2.00 bits per heavy atom. The highest BCUT2D eigenvalue weighted by Crippen LogP contribution is 2.26. The summed E-state index contributed by atoms with van der Waals surface area (Å²) in [5, 5.41) is 0. The Kier molecular flexibility index (Phi) is 4.99. The van der Waals surface area contributed by atoms with E-state index < -0.39 is 0 Å². The second-order valence-electron chi connectivity index (χ2n) is 6.79. The van der Waals surface area contributed by atoms with Crippen LogP contribution in [0.2, 0.25) is 0 Å². The average molecular weight is 314 g/mol. The van der Waals surface area contributed by atoms with Gasteiger partial charge in [-0.3, -0.25) is 9.59 Å². The van der Waals surface area contributed by atoms with Crippen LogP contribution in [0.3, 0.4) is 0 Å². The van der Waals surface area contributed by atoms with Gasteiger partial charge in [0.05, 0.1) is 5.92 Å². The molecule has 2 aliphatic rings. The molecule has 1 aromatic rings. The molecule has 0 radical (unpaired) electrons. The van der Waals surface area contributed by atoms with Crippen molar-refractivity contribution in [1.82, 2.24) is 9.80 Å². The van der Waals surface area contributed by atoms with Gasteiger partial charge in [0.25, 0.3) is 0 Å². The molecule has 2 fully saturated rings. The summed E-state index contributed by atoms with van der Waals surface area (Å²) >= 11 is 0. The molecule has 1 unspecified atom stereocenters. The van der Waals surface area contributed by atoms with Gasteiger partial charge >= 0.3 is 0 Å². The lowest BCUT2D eigenvalue weighted by Crippen LogP contribution is -2.36. The van der Waals surface area contributed by atoms with Crippen molar-refractivity contribution in [3.63, 3.8) is 0 Å². The molecule has 4 heteroatoms. The third-order valence-electron chi connectivity index (χ3n) is 5.03. The summed E-state index contributed by atoms with van der Waals surface area (Å²) in [5.41, 5.74) is 2.15. The zero-order valence-electron chi connectivity index (χ0n) is 14.0. The molecule has 0 aromatic heterocycles. The summed E-state index contributed by atoms with van der Waals surface area (Å²) in [6.45, 7) is 5.39. The lowest BCUT2D eigenvalue weighted by atomic mass is 9.93. The molecule has 2 saturated heterocycles. The molecule has 0 N–H and O–H groups in total. The summed E-state index contributed by atoms with van der Waals surface area (Å²) in [5.74, 6) is -0.0821. The standard InChI is InChI=1S/C19H26N2O2/c1-15-6-8-16(9-7-15)17(19(23)21-12-4-5-13-21)14-18(22)20-10-2-3-11-20/h6-9,17H,2-5,10-14H2,1H3. The van der Waals surface area contributed by atoms with E-state index in [1.54, 1.807) is 0 Å². The number of carbonyl (C=O) groups excluding carboxylic acids is 2. The monoisotopic (exact) mass is 314 g/mol. The number of carbonyl (C=O) groups is 2. The summed E-state index contributed by atoms with van der Waals surface area (Å²) < 4.78 is 0. The Morgan fingerprint density at radius 1 is 0.913 bits per heavy atom.